The fraction of sp³-hybridized carbons (Fsp3) is 0.353. The molecule has 0 aromatic heterocycles. The molecular formula is C17H23NO4S. The molecule has 0 saturated heterocycles. The summed E-state index contributed by atoms with van der Waals surface area (Å²) in [5.41, 5.74) is 0.820. The smallest absolute Gasteiger partial charge is 0.244 e. The van der Waals surface area contributed by atoms with Crippen LogP contribution in [-0.2, 0) is 15.6 Å². The topological polar surface area (TPSA) is 64.6 Å². The van der Waals surface area contributed by atoms with E-state index in [0.29, 0.717) is 36.2 Å². The fourth-order valence-electron chi connectivity index (χ4n) is 1.72. The van der Waals surface area contributed by atoms with E-state index in [4.69, 9.17) is 9.47 Å². The number of nitrogens with one attached hydrogen (secondary N) is 1. The SMILES string of the molecule is C=CCOc1ccc(C=CC(=O)NCCS(=O)CC)cc1OC. The molecule has 0 bridgehead atoms. The van der Waals surface area contributed by atoms with Crippen LogP contribution in [0.2, 0.25) is 0 Å². The standard InChI is InChI=1S/C17H23NO4S/c1-4-11-22-15-8-6-14(13-16(15)21-3)7-9-17(19)18-10-12-23(20)5-2/h4,6-9,13H,1,5,10-12H2,2-3H3,(H,18,19). The van der Waals surface area contributed by atoms with Gasteiger partial charge in [0.05, 0.1) is 7.11 Å². The number of amides is 1. The molecule has 1 aromatic carbocycles. The second-order valence-corrected chi connectivity index (χ2v) is 6.43. The summed E-state index contributed by atoms with van der Waals surface area (Å²) in [4.78, 5) is 11.7. The second-order valence-electron chi connectivity index (χ2n) is 4.57. The molecule has 23 heavy (non-hydrogen) atoms. The maximum absolute atomic E-state index is 11.7. The van der Waals surface area contributed by atoms with Gasteiger partial charge in [-0.3, -0.25) is 9.00 Å². The highest BCUT2D eigenvalue weighted by molar-refractivity contribution is 7.84. The Morgan fingerprint density at radius 2 is 2.17 bits per heavy atom. The van der Waals surface area contributed by atoms with E-state index in [1.54, 1.807) is 31.4 Å². The van der Waals surface area contributed by atoms with E-state index in [9.17, 15) is 9.00 Å². The number of methoxy groups -OCH3 is 1. The van der Waals surface area contributed by atoms with Crippen LogP contribution in [0.1, 0.15) is 12.5 Å². The Hall–Kier alpha value is -2.08. The molecule has 6 heteroatoms. The van der Waals surface area contributed by atoms with Gasteiger partial charge in [0.25, 0.3) is 0 Å². The van der Waals surface area contributed by atoms with Crippen molar-refractivity contribution in [3.8, 4) is 11.5 Å². The summed E-state index contributed by atoms with van der Waals surface area (Å²) >= 11 is 0. The molecule has 1 N–H and O–H groups in total. The zero-order valence-corrected chi connectivity index (χ0v) is 14.4. The summed E-state index contributed by atoms with van der Waals surface area (Å²) in [5, 5.41) is 2.70. The van der Waals surface area contributed by atoms with Gasteiger partial charge in [0.2, 0.25) is 5.91 Å². The highest BCUT2D eigenvalue weighted by Crippen LogP contribution is 2.28. The van der Waals surface area contributed by atoms with Gasteiger partial charge in [-0.25, -0.2) is 0 Å². The van der Waals surface area contributed by atoms with Crippen LogP contribution in [-0.4, -0.2) is 41.9 Å². The van der Waals surface area contributed by atoms with Crippen molar-refractivity contribution in [2.24, 2.45) is 0 Å². The van der Waals surface area contributed by atoms with E-state index >= 15 is 0 Å². The van der Waals surface area contributed by atoms with Crippen LogP contribution >= 0.6 is 0 Å². The Kier molecular flexibility index (Phi) is 8.75. The molecule has 0 aliphatic heterocycles. The number of ether oxygens (including phenoxy) is 2. The maximum atomic E-state index is 11.7. The molecule has 1 rings (SSSR count). The van der Waals surface area contributed by atoms with E-state index in [1.807, 2.05) is 13.0 Å². The van der Waals surface area contributed by atoms with Crippen molar-refractivity contribution >= 4 is 22.8 Å². The summed E-state index contributed by atoms with van der Waals surface area (Å²) in [6.45, 7) is 6.25. The minimum Gasteiger partial charge on any atom is -0.493 e. The summed E-state index contributed by atoms with van der Waals surface area (Å²) in [6, 6.07) is 5.40. The molecule has 0 aliphatic rings. The van der Waals surface area contributed by atoms with Crippen LogP contribution in [0.3, 0.4) is 0 Å². The zero-order valence-electron chi connectivity index (χ0n) is 13.5. The predicted molar refractivity (Wildman–Crippen MR) is 94.3 cm³/mol. The number of rotatable bonds is 10. The van der Waals surface area contributed by atoms with Crippen LogP contribution in [0.15, 0.2) is 36.9 Å². The molecule has 0 radical (unpaired) electrons. The Labute approximate surface area is 139 Å². The monoisotopic (exact) mass is 337 g/mol. The predicted octanol–water partition coefficient (Wildman–Crippen LogP) is 2.16. The number of carbonyl (C=O) groups excluding carboxylic acids is 1. The second kappa shape index (κ2) is 10.6. The number of hydrogen-bond acceptors (Lipinski definition) is 4. The first kappa shape index (κ1) is 19.0. The van der Waals surface area contributed by atoms with Gasteiger partial charge in [0, 0.05) is 34.9 Å². The molecule has 126 valence electrons. The van der Waals surface area contributed by atoms with Crippen LogP contribution in [0.25, 0.3) is 6.08 Å². The van der Waals surface area contributed by atoms with E-state index in [1.165, 1.54) is 6.08 Å². The van der Waals surface area contributed by atoms with Crippen molar-refractivity contribution in [2.45, 2.75) is 6.92 Å². The Morgan fingerprint density at radius 1 is 1.39 bits per heavy atom. The molecule has 0 saturated carbocycles. The summed E-state index contributed by atoms with van der Waals surface area (Å²) in [6.07, 6.45) is 4.78. The first-order chi connectivity index (χ1) is 11.1. The van der Waals surface area contributed by atoms with Crippen LogP contribution < -0.4 is 14.8 Å². The average Bonchev–Trinajstić information content (AvgIpc) is 2.58. The summed E-state index contributed by atoms with van der Waals surface area (Å²) in [7, 11) is 0.690. The average molecular weight is 337 g/mol. The third-order valence-electron chi connectivity index (χ3n) is 2.92. The van der Waals surface area contributed by atoms with Crippen molar-refractivity contribution in [3.05, 3.63) is 42.5 Å². The molecule has 0 heterocycles. The lowest BCUT2D eigenvalue weighted by Crippen LogP contribution is -2.26. The van der Waals surface area contributed by atoms with Gasteiger partial charge in [-0.05, 0) is 23.8 Å². The Bertz CT molecular complexity index is 584. The van der Waals surface area contributed by atoms with E-state index in [2.05, 4.69) is 11.9 Å². The molecule has 1 amide bonds. The molecule has 5 nitrogen and oxygen atoms in total. The van der Waals surface area contributed by atoms with E-state index < -0.39 is 10.8 Å². The van der Waals surface area contributed by atoms with E-state index in [0.717, 1.165) is 5.56 Å². The quantitative estimate of drug-likeness (QED) is 0.525. The molecule has 1 aromatic rings. The first-order valence-electron chi connectivity index (χ1n) is 7.33. The minimum atomic E-state index is -0.870. The van der Waals surface area contributed by atoms with Crippen molar-refractivity contribution in [2.75, 3.05) is 31.8 Å². The molecule has 1 unspecified atom stereocenters. The van der Waals surface area contributed by atoms with Gasteiger partial charge in [0.15, 0.2) is 11.5 Å². The van der Waals surface area contributed by atoms with Crippen LogP contribution in [0, 0.1) is 0 Å². The lowest BCUT2D eigenvalue weighted by atomic mass is 10.2. The van der Waals surface area contributed by atoms with Crippen molar-refractivity contribution in [1.29, 1.82) is 0 Å². The Morgan fingerprint density at radius 3 is 2.83 bits per heavy atom. The summed E-state index contributed by atoms with van der Waals surface area (Å²) < 4.78 is 22.0. The number of hydrogen-bond donors (Lipinski definition) is 1. The fourth-order valence-corrected chi connectivity index (χ4v) is 2.34. The highest BCUT2D eigenvalue weighted by Gasteiger charge is 2.04. The molecule has 0 fully saturated rings. The van der Waals surface area contributed by atoms with Gasteiger partial charge in [-0.15, -0.1) is 0 Å². The molecular weight excluding hydrogens is 314 g/mol. The summed E-state index contributed by atoms with van der Waals surface area (Å²) in [5.74, 6) is 2.07. The number of carbonyl (C=O) groups is 1. The lowest BCUT2D eigenvalue weighted by molar-refractivity contribution is -0.116. The van der Waals surface area contributed by atoms with Gasteiger partial charge in [0.1, 0.15) is 6.61 Å². The maximum Gasteiger partial charge on any atom is 0.244 e. The first-order valence-corrected chi connectivity index (χ1v) is 8.82. The lowest BCUT2D eigenvalue weighted by Gasteiger charge is -2.09. The van der Waals surface area contributed by atoms with Crippen molar-refractivity contribution in [1.82, 2.24) is 5.32 Å². The van der Waals surface area contributed by atoms with E-state index in [-0.39, 0.29) is 5.91 Å². The zero-order chi connectivity index (χ0) is 17.1. The largest absolute Gasteiger partial charge is 0.493 e. The van der Waals surface area contributed by atoms with Gasteiger partial charge >= 0.3 is 0 Å². The highest BCUT2D eigenvalue weighted by atomic mass is 32.2. The normalized spacial score (nSPS) is 11.9. The van der Waals surface area contributed by atoms with Gasteiger partial charge in [-0.2, -0.15) is 0 Å². The molecule has 1 atom stereocenters. The van der Waals surface area contributed by atoms with Gasteiger partial charge in [-0.1, -0.05) is 25.6 Å². The number of benzene rings is 1. The van der Waals surface area contributed by atoms with Gasteiger partial charge < -0.3 is 14.8 Å². The van der Waals surface area contributed by atoms with Crippen LogP contribution in [0.5, 0.6) is 11.5 Å². The Balaban J connectivity index is 2.60. The third kappa shape index (κ3) is 7.15. The molecule has 0 aliphatic carbocycles. The van der Waals surface area contributed by atoms with Crippen molar-refractivity contribution < 1.29 is 18.5 Å². The third-order valence-corrected chi connectivity index (χ3v) is 4.23. The minimum absolute atomic E-state index is 0.218. The van der Waals surface area contributed by atoms with Crippen LogP contribution in [0.4, 0.5) is 0 Å². The van der Waals surface area contributed by atoms with Crippen molar-refractivity contribution in [3.63, 3.8) is 0 Å². The molecule has 0 spiro atoms.